The molecule has 1 aromatic rings. The van der Waals surface area contributed by atoms with E-state index >= 15 is 0 Å². The van der Waals surface area contributed by atoms with E-state index in [9.17, 15) is 9.59 Å². The van der Waals surface area contributed by atoms with Gasteiger partial charge in [0.1, 0.15) is 6.54 Å². The lowest BCUT2D eigenvalue weighted by molar-refractivity contribution is -0.149. The van der Waals surface area contributed by atoms with Crippen molar-refractivity contribution in [1.82, 2.24) is 9.88 Å². The summed E-state index contributed by atoms with van der Waals surface area (Å²) in [4.78, 5) is 30.1. The number of carbonyl (C=O) groups excluding carboxylic acids is 2. The van der Waals surface area contributed by atoms with Crippen LogP contribution in [-0.2, 0) is 14.3 Å². The van der Waals surface area contributed by atoms with E-state index in [0.29, 0.717) is 6.61 Å². The van der Waals surface area contributed by atoms with Crippen molar-refractivity contribution in [3.8, 4) is 0 Å². The first kappa shape index (κ1) is 17.2. The van der Waals surface area contributed by atoms with E-state index in [1.165, 1.54) is 12.5 Å². The van der Waals surface area contributed by atoms with Gasteiger partial charge in [-0.2, -0.15) is 0 Å². The van der Waals surface area contributed by atoms with Crippen LogP contribution in [0.3, 0.4) is 0 Å². The molecule has 0 aromatic carbocycles. The second-order valence-electron chi connectivity index (χ2n) is 5.68. The van der Waals surface area contributed by atoms with E-state index in [2.05, 4.69) is 4.98 Å². The average molecular weight is 316 g/mol. The van der Waals surface area contributed by atoms with Gasteiger partial charge in [0.2, 0.25) is 5.91 Å². The fourth-order valence-corrected chi connectivity index (χ4v) is 2.86. The van der Waals surface area contributed by atoms with E-state index in [0.717, 1.165) is 31.2 Å². The monoisotopic (exact) mass is 316 g/mol. The van der Waals surface area contributed by atoms with Crippen LogP contribution in [0.1, 0.15) is 44.6 Å². The number of nitrogens with zero attached hydrogens (tertiary/aromatic N) is 2. The normalized spacial score (nSPS) is 15.5. The number of esters is 1. The molecule has 1 amide bonds. The zero-order valence-corrected chi connectivity index (χ0v) is 13.6. The summed E-state index contributed by atoms with van der Waals surface area (Å²) in [5, 5.41) is 0. The molecule has 0 N–H and O–H groups in total. The Labute approximate surface area is 137 Å². The average Bonchev–Trinajstić information content (AvgIpc) is 2.59. The summed E-state index contributed by atoms with van der Waals surface area (Å²) in [6.07, 6.45) is 11.9. The smallest absolute Gasteiger partial charge is 0.325 e. The molecule has 1 fully saturated rings. The van der Waals surface area contributed by atoms with Crippen molar-refractivity contribution in [2.45, 2.75) is 45.1 Å². The number of carbonyl (C=O) groups is 2. The first-order valence-corrected chi connectivity index (χ1v) is 8.25. The summed E-state index contributed by atoms with van der Waals surface area (Å²) in [7, 11) is 0. The lowest BCUT2D eigenvalue weighted by Gasteiger charge is -2.33. The second-order valence-corrected chi connectivity index (χ2v) is 5.68. The summed E-state index contributed by atoms with van der Waals surface area (Å²) in [5.41, 5.74) is 0.862. The van der Waals surface area contributed by atoms with E-state index in [1.54, 1.807) is 30.3 Å². The topological polar surface area (TPSA) is 59.5 Å². The van der Waals surface area contributed by atoms with Gasteiger partial charge in [-0.15, -0.1) is 0 Å². The van der Waals surface area contributed by atoms with Gasteiger partial charge in [-0.25, -0.2) is 0 Å². The largest absolute Gasteiger partial charge is 0.465 e. The predicted molar refractivity (Wildman–Crippen MR) is 88.5 cm³/mol. The van der Waals surface area contributed by atoms with Crippen LogP contribution in [0.2, 0.25) is 0 Å². The van der Waals surface area contributed by atoms with Crippen LogP contribution in [-0.4, -0.2) is 41.0 Å². The third-order valence-electron chi connectivity index (χ3n) is 4.01. The van der Waals surface area contributed by atoms with Gasteiger partial charge in [-0.3, -0.25) is 14.6 Å². The molecular weight excluding hydrogens is 292 g/mol. The van der Waals surface area contributed by atoms with Crippen molar-refractivity contribution in [1.29, 1.82) is 0 Å². The summed E-state index contributed by atoms with van der Waals surface area (Å²) in [6.45, 7) is 2.12. The second kappa shape index (κ2) is 9.08. The molecule has 124 valence electrons. The number of hydrogen-bond acceptors (Lipinski definition) is 4. The Morgan fingerprint density at radius 3 is 2.78 bits per heavy atom. The third kappa shape index (κ3) is 5.51. The molecule has 0 spiro atoms. The van der Waals surface area contributed by atoms with Crippen LogP contribution in [0.15, 0.2) is 30.6 Å². The molecular formula is C18H24N2O3. The molecule has 1 aliphatic carbocycles. The van der Waals surface area contributed by atoms with Gasteiger partial charge in [-0.1, -0.05) is 25.3 Å². The third-order valence-corrected chi connectivity index (χ3v) is 4.01. The predicted octanol–water partition coefficient (Wildman–Crippen LogP) is 2.82. The fourth-order valence-electron chi connectivity index (χ4n) is 2.86. The minimum absolute atomic E-state index is 0.0225. The minimum atomic E-state index is -0.346. The minimum Gasteiger partial charge on any atom is -0.465 e. The lowest BCUT2D eigenvalue weighted by atomic mass is 9.94. The highest BCUT2D eigenvalue weighted by molar-refractivity contribution is 5.93. The molecule has 0 unspecified atom stereocenters. The number of ether oxygens (including phenoxy) is 1. The van der Waals surface area contributed by atoms with Gasteiger partial charge in [-0.05, 0) is 37.5 Å². The zero-order valence-electron chi connectivity index (χ0n) is 13.6. The molecule has 1 heterocycles. The first-order chi connectivity index (χ1) is 11.2. The summed E-state index contributed by atoms with van der Waals surface area (Å²) in [5.74, 6) is -0.491. The van der Waals surface area contributed by atoms with E-state index < -0.39 is 0 Å². The van der Waals surface area contributed by atoms with Gasteiger partial charge >= 0.3 is 5.97 Å². The van der Waals surface area contributed by atoms with E-state index in [-0.39, 0.29) is 24.5 Å². The zero-order chi connectivity index (χ0) is 16.5. The van der Waals surface area contributed by atoms with Gasteiger partial charge in [0.05, 0.1) is 6.61 Å². The Morgan fingerprint density at radius 2 is 2.13 bits per heavy atom. The summed E-state index contributed by atoms with van der Waals surface area (Å²) < 4.78 is 5.01. The maximum Gasteiger partial charge on any atom is 0.325 e. The Balaban J connectivity index is 2.06. The van der Waals surface area contributed by atoms with Crippen LogP contribution in [0, 0.1) is 0 Å². The quantitative estimate of drug-likeness (QED) is 0.598. The number of pyridine rings is 1. The van der Waals surface area contributed by atoms with Gasteiger partial charge in [0.25, 0.3) is 0 Å². The Kier molecular flexibility index (Phi) is 6.78. The van der Waals surface area contributed by atoms with Crippen LogP contribution in [0.5, 0.6) is 0 Å². The maximum absolute atomic E-state index is 12.6. The molecule has 1 aromatic heterocycles. The molecule has 5 heteroatoms. The molecule has 1 saturated carbocycles. The molecule has 2 rings (SSSR count). The molecule has 0 bridgehead atoms. The van der Waals surface area contributed by atoms with Crippen molar-refractivity contribution in [3.05, 3.63) is 36.2 Å². The number of amides is 1. The van der Waals surface area contributed by atoms with E-state index in [4.69, 9.17) is 4.74 Å². The standard InChI is InChI=1S/C18H24N2O3/c1-2-23-18(22)14-20(16-8-4-3-5-9-16)17(21)11-10-15-7-6-12-19-13-15/h6-7,10-13,16H,2-5,8-9,14H2,1H3/b11-10-. The number of aromatic nitrogens is 1. The van der Waals surface area contributed by atoms with Crippen LogP contribution in [0.25, 0.3) is 6.08 Å². The molecule has 1 aliphatic rings. The molecule has 0 radical (unpaired) electrons. The van der Waals surface area contributed by atoms with Crippen molar-refractivity contribution < 1.29 is 14.3 Å². The van der Waals surface area contributed by atoms with Crippen LogP contribution < -0.4 is 0 Å². The molecule has 0 atom stereocenters. The molecule has 5 nitrogen and oxygen atoms in total. The van der Waals surface area contributed by atoms with Crippen molar-refractivity contribution in [2.75, 3.05) is 13.2 Å². The maximum atomic E-state index is 12.6. The Hall–Kier alpha value is -2.17. The van der Waals surface area contributed by atoms with Gasteiger partial charge < -0.3 is 9.64 Å². The lowest BCUT2D eigenvalue weighted by Crippen LogP contribution is -2.44. The van der Waals surface area contributed by atoms with Crippen molar-refractivity contribution in [2.24, 2.45) is 0 Å². The van der Waals surface area contributed by atoms with Crippen molar-refractivity contribution >= 4 is 18.0 Å². The van der Waals surface area contributed by atoms with Crippen molar-refractivity contribution in [3.63, 3.8) is 0 Å². The number of hydrogen-bond donors (Lipinski definition) is 0. The Morgan fingerprint density at radius 1 is 1.35 bits per heavy atom. The first-order valence-electron chi connectivity index (χ1n) is 8.25. The highest BCUT2D eigenvalue weighted by atomic mass is 16.5. The fraction of sp³-hybridized carbons (Fsp3) is 0.500. The van der Waals surface area contributed by atoms with Gasteiger partial charge in [0, 0.05) is 24.5 Å². The highest BCUT2D eigenvalue weighted by Gasteiger charge is 2.26. The SMILES string of the molecule is CCOC(=O)CN(C(=O)/C=C\c1cccnc1)C1CCCCC1. The van der Waals surface area contributed by atoms with Crippen LogP contribution in [0.4, 0.5) is 0 Å². The summed E-state index contributed by atoms with van der Waals surface area (Å²) >= 11 is 0. The van der Waals surface area contributed by atoms with Gasteiger partial charge in [0.15, 0.2) is 0 Å². The molecule has 23 heavy (non-hydrogen) atoms. The summed E-state index contributed by atoms with van der Waals surface area (Å²) in [6, 6.07) is 3.83. The number of rotatable bonds is 6. The van der Waals surface area contributed by atoms with E-state index in [1.807, 2.05) is 12.1 Å². The van der Waals surface area contributed by atoms with Crippen LogP contribution >= 0.6 is 0 Å². The Bertz CT molecular complexity index is 536. The molecule has 0 aliphatic heterocycles. The highest BCUT2D eigenvalue weighted by Crippen LogP contribution is 2.23. The molecule has 0 saturated heterocycles.